The second-order valence-electron chi connectivity index (χ2n) is 17.6. The molecule has 74 heavy (non-hydrogen) atoms. The fraction of sp³-hybridized carbons (Fsp3) is 0. The van der Waals surface area contributed by atoms with E-state index in [9.17, 15) is 0 Å². The van der Waals surface area contributed by atoms with E-state index in [2.05, 4.69) is 0 Å². The lowest BCUT2D eigenvalue weighted by atomic mass is 9.58. The van der Waals surface area contributed by atoms with Crippen molar-refractivity contribution < 1.29 is 4.42 Å². The summed E-state index contributed by atoms with van der Waals surface area (Å²) >= 11 is 0. The Morgan fingerprint density at radius 2 is 0.635 bits per heavy atom. The quantitative estimate of drug-likeness (QED) is 0.156. The number of hydrogen-bond donors (Lipinski definition) is 0. The summed E-state index contributed by atoms with van der Waals surface area (Å²) in [6.07, 6.45) is 0. The zero-order valence-electron chi connectivity index (χ0n) is 39.1. The van der Waals surface area contributed by atoms with Gasteiger partial charge in [0.05, 0.1) is 22.4 Å². The Bertz CT molecular complexity index is 4060. The Kier molecular flexibility index (Phi) is 13.0. The highest BCUT2D eigenvalue weighted by molar-refractivity contribution is 6.74. The largest absolute Gasteiger partial charge is 0.457 e. The number of benzene rings is 8. The molecule has 26 heteroatoms. The van der Waals surface area contributed by atoms with Gasteiger partial charge in [-0.2, -0.15) is 0 Å². The van der Waals surface area contributed by atoms with Gasteiger partial charge in [0.1, 0.15) is 184 Å². The van der Waals surface area contributed by atoms with E-state index in [4.69, 9.17) is 187 Å². The molecule has 0 spiro atoms. The van der Waals surface area contributed by atoms with Crippen LogP contribution in [0.2, 0.25) is 0 Å². The van der Waals surface area contributed by atoms with E-state index in [1.165, 1.54) is 4.90 Å². The highest BCUT2D eigenvalue weighted by Gasteiger charge is 2.32. The molecule has 0 unspecified atom stereocenters. The van der Waals surface area contributed by atoms with Crippen LogP contribution in [0, 0.1) is 0 Å². The van der Waals surface area contributed by atoms with E-state index in [-0.39, 0.29) is 192 Å². The summed E-state index contributed by atoms with van der Waals surface area (Å²) in [6, 6.07) is 16.5. The summed E-state index contributed by atoms with van der Waals surface area (Å²) in [5, 5.41) is 0.424. The van der Waals surface area contributed by atoms with Crippen LogP contribution in [0.15, 0.2) is 59.0 Å². The topological polar surface area (TPSA) is 42.2 Å². The van der Waals surface area contributed by atoms with Gasteiger partial charge in [0.25, 0.3) is 0 Å². The molecule has 0 saturated carbocycles. The molecule has 0 amide bonds. The molecule has 0 atom stereocenters. The second kappa shape index (κ2) is 18.6. The first-order chi connectivity index (χ1) is 35.0. The van der Waals surface area contributed by atoms with Gasteiger partial charge in [-0.15, -0.1) is 43.7 Å². The van der Waals surface area contributed by atoms with E-state index in [0.717, 1.165) is 0 Å². The van der Waals surface area contributed by atoms with Crippen molar-refractivity contribution in [1.82, 2.24) is 9.97 Å². The Balaban J connectivity index is 1.37. The predicted octanol–water partition coefficient (Wildman–Crippen LogP) is -13.4. The van der Waals surface area contributed by atoms with Crippen LogP contribution in [0.3, 0.4) is 0 Å². The summed E-state index contributed by atoms with van der Waals surface area (Å²) in [7, 11) is 149. The monoisotopic (exact) mass is 885 g/mol. The molecule has 8 aromatic carbocycles. The van der Waals surface area contributed by atoms with E-state index < -0.39 is 0 Å². The van der Waals surface area contributed by atoms with E-state index in [0.29, 0.717) is 22.3 Å². The molecule has 0 aliphatic rings. The van der Waals surface area contributed by atoms with Crippen LogP contribution in [0.1, 0.15) is 0 Å². The summed E-state index contributed by atoms with van der Waals surface area (Å²) < 4.78 is 6.57. The molecule has 0 N–H and O–H groups in total. The number of furan rings is 1. The fourth-order valence-electron chi connectivity index (χ4n) is 9.75. The van der Waals surface area contributed by atoms with Gasteiger partial charge in [0.15, 0.2) is 0 Å². The molecule has 44 radical (unpaired) electrons. The van der Waals surface area contributed by atoms with Crippen molar-refractivity contribution in [3.63, 3.8) is 0 Å². The third kappa shape index (κ3) is 7.29. The maximum Gasteiger partial charge on any atom is 0.129 e. The van der Waals surface area contributed by atoms with E-state index >= 15 is 0 Å². The maximum atomic E-state index is 7.50. The Labute approximate surface area is 458 Å². The minimum Gasteiger partial charge on any atom is -0.457 e. The van der Waals surface area contributed by atoms with Gasteiger partial charge in [-0.05, 0) is 39.5 Å². The van der Waals surface area contributed by atoms with Crippen LogP contribution in [0.25, 0.3) is 77.4 Å². The minimum atomic E-state index is -0.285. The number of fused-ring (bicyclic) bond motifs is 5. The summed E-state index contributed by atoms with van der Waals surface area (Å²) in [6.45, 7) is 0. The van der Waals surface area contributed by atoms with Crippen LogP contribution < -0.4 is 125 Å². The second-order valence-corrected chi connectivity index (χ2v) is 17.6. The normalized spacial score (nSPS) is 11.6. The zero-order valence-corrected chi connectivity index (χ0v) is 39.1. The van der Waals surface area contributed by atoms with Gasteiger partial charge in [-0.3, -0.25) is 0 Å². The number of anilines is 3. The van der Waals surface area contributed by atoms with E-state index in [1.807, 2.05) is 48.5 Å². The van der Waals surface area contributed by atoms with E-state index in [1.54, 1.807) is 6.07 Å². The van der Waals surface area contributed by atoms with Gasteiger partial charge in [0, 0.05) is 39.0 Å². The summed E-state index contributed by atoms with van der Waals surface area (Å²) in [5.74, 6) is 0. The van der Waals surface area contributed by atoms with Gasteiger partial charge < -0.3 is 9.32 Å². The van der Waals surface area contributed by atoms with Crippen LogP contribution in [-0.2, 0) is 0 Å². The van der Waals surface area contributed by atoms with Gasteiger partial charge in [-0.25, -0.2) is 9.97 Å². The van der Waals surface area contributed by atoms with Crippen molar-refractivity contribution in [3.8, 4) is 33.6 Å². The molecule has 2 heterocycles. The number of hydrogen-bond acceptors (Lipinski definition) is 4. The van der Waals surface area contributed by atoms with Crippen molar-refractivity contribution >= 4 is 354 Å². The molecule has 10 aromatic rings. The first-order valence-corrected chi connectivity index (χ1v) is 22.1. The SMILES string of the molecule is [B]c1c([B])c([B])c(N(c2c([B])c([B])c([B])c([B])c2[B])c2c([B])c([B])c3c([B])c(-c4c([B])c(-c5nc6ccccc6nc5-c5ccccc5)c5c(oc6c([B])c([B])c([B])c([B])c65)c4[B])c([B])c([B])c3c2[B])c([B])c1[B]. The average molecular weight is 881 g/mol. The third-order valence-corrected chi connectivity index (χ3v) is 13.7. The van der Waals surface area contributed by atoms with Crippen LogP contribution in [0.5, 0.6) is 0 Å². The smallest absolute Gasteiger partial charge is 0.129 e. The molecule has 288 valence electrons. The molecule has 0 aliphatic carbocycles. The standard InChI is InChI=1S/C48H9B22N3O/c49-20-14(22(51)23(52)17-15(20)24(53)36(65)44(26(17)55)73(45-37(66)31(60)29(58)32(61)38(45)67)46-39(68)33(62)30(59)34(63)40(46)69)16-21(50)18(13-19-25(54)28(57)35(64)41(70)48(19)74-47(13)27(16)56)43-42(10-6-2-1-3-7-10)71-11-8-4-5-9-12(11)72-43/h1-9H. The Morgan fingerprint density at radius 3 is 1.16 bits per heavy atom. The lowest BCUT2D eigenvalue weighted by Crippen LogP contribution is -2.60. The average Bonchev–Trinajstić information content (AvgIpc) is 3.82. The molecular formula is C48H9B22N3O. The van der Waals surface area contributed by atoms with Crippen molar-refractivity contribution in [2.24, 2.45) is 0 Å². The van der Waals surface area contributed by atoms with Crippen LogP contribution in [-0.4, -0.2) is 183 Å². The Morgan fingerprint density at radius 1 is 0.270 bits per heavy atom. The fourth-order valence-corrected chi connectivity index (χ4v) is 9.75. The highest BCUT2D eigenvalue weighted by atomic mass is 16.3. The molecule has 4 nitrogen and oxygen atoms in total. The van der Waals surface area contributed by atoms with Crippen LogP contribution in [0.4, 0.5) is 17.1 Å². The molecule has 0 fully saturated rings. The van der Waals surface area contributed by atoms with Crippen molar-refractivity contribution in [1.29, 1.82) is 0 Å². The highest BCUT2D eigenvalue weighted by Crippen LogP contribution is 2.39. The summed E-state index contributed by atoms with van der Waals surface area (Å²) in [4.78, 5) is 11.5. The number of para-hydroxylation sites is 2. The van der Waals surface area contributed by atoms with Gasteiger partial charge in [0.2, 0.25) is 0 Å². The molecular weight excluding hydrogens is 872 g/mol. The van der Waals surface area contributed by atoms with Crippen LogP contribution >= 0.6 is 0 Å². The zero-order chi connectivity index (χ0) is 53.6. The maximum absolute atomic E-state index is 7.50. The minimum absolute atomic E-state index is 0.00136. The first kappa shape index (κ1) is 51.9. The number of aromatic nitrogens is 2. The first-order valence-electron chi connectivity index (χ1n) is 22.1. The predicted molar refractivity (Wildman–Crippen MR) is 334 cm³/mol. The van der Waals surface area contributed by atoms with Crippen molar-refractivity contribution in [2.75, 3.05) is 4.90 Å². The molecule has 0 saturated heterocycles. The number of nitrogens with zero attached hydrogens (tertiary/aromatic N) is 3. The van der Waals surface area contributed by atoms with Gasteiger partial charge in [-0.1, -0.05) is 113 Å². The van der Waals surface area contributed by atoms with Gasteiger partial charge >= 0.3 is 0 Å². The lowest BCUT2D eigenvalue weighted by Gasteiger charge is -2.40. The molecule has 10 rings (SSSR count). The molecule has 0 bridgehead atoms. The summed E-state index contributed by atoms with van der Waals surface area (Å²) in [5.41, 5.74) is -1.45. The number of rotatable bonds is 6. The Hall–Kier alpha value is -5.61. The third-order valence-electron chi connectivity index (χ3n) is 13.7. The van der Waals surface area contributed by atoms with Crippen molar-refractivity contribution in [2.45, 2.75) is 0 Å². The molecule has 0 aliphatic heterocycles. The molecule has 2 aromatic heterocycles. The van der Waals surface area contributed by atoms with Crippen molar-refractivity contribution in [3.05, 3.63) is 54.6 Å². The lowest BCUT2D eigenvalue weighted by molar-refractivity contribution is 0.675.